The summed E-state index contributed by atoms with van der Waals surface area (Å²) < 4.78 is 0. The average molecular weight is 164 g/mol. The van der Waals surface area contributed by atoms with Gasteiger partial charge in [0.25, 0.3) is 5.69 Å². The molecule has 63 valence electrons. The molecule has 0 aromatic heterocycles. The Kier molecular flexibility index (Phi) is 2.80. The second-order valence-electron chi connectivity index (χ2n) is 2.43. The standard InChI is InChI=1S/C9H10NO2/c1-2-5-8-6-3-4-7-9(8)10(11)12/h3-7H,2H2,1H3. The number of benzene rings is 1. The Balaban J connectivity index is 3.00. The number of nitro benzene ring substituents is 1. The van der Waals surface area contributed by atoms with Gasteiger partial charge in [-0.3, -0.25) is 10.1 Å². The summed E-state index contributed by atoms with van der Waals surface area (Å²) in [6, 6.07) is 6.74. The third kappa shape index (κ3) is 1.81. The van der Waals surface area contributed by atoms with Gasteiger partial charge in [0.15, 0.2) is 0 Å². The lowest BCUT2D eigenvalue weighted by Crippen LogP contribution is -1.92. The molecule has 0 fully saturated rings. The van der Waals surface area contributed by atoms with Crippen LogP contribution < -0.4 is 0 Å². The van der Waals surface area contributed by atoms with Gasteiger partial charge in [-0.1, -0.05) is 25.1 Å². The van der Waals surface area contributed by atoms with Crippen molar-refractivity contribution >= 4 is 5.69 Å². The lowest BCUT2D eigenvalue weighted by Gasteiger charge is -1.98. The van der Waals surface area contributed by atoms with Gasteiger partial charge in [0.05, 0.1) is 4.92 Å². The SMILES string of the molecule is CC[CH]c1ccccc1[N+](=O)[O-]. The van der Waals surface area contributed by atoms with Crippen molar-refractivity contribution in [3.05, 3.63) is 46.4 Å². The molecule has 0 spiro atoms. The van der Waals surface area contributed by atoms with Crippen molar-refractivity contribution in [3.8, 4) is 0 Å². The van der Waals surface area contributed by atoms with Gasteiger partial charge in [-0.25, -0.2) is 0 Å². The summed E-state index contributed by atoms with van der Waals surface area (Å²) in [5, 5.41) is 10.5. The van der Waals surface area contributed by atoms with Crippen molar-refractivity contribution in [1.29, 1.82) is 0 Å². The molecule has 0 aliphatic rings. The van der Waals surface area contributed by atoms with E-state index in [0.717, 1.165) is 6.42 Å². The Bertz CT molecular complexity index is 284. The van der Waals surface area contributed by atoms with E-state index in [4.69, 9.17) is 0 Å². The van der Waals surface area contributed by atoms with Gasteiger partial charge in [-0.2, -0.15) is 0 Å². The largest absolute Gasteiger partial charge is 0.272 e. The highest BCUT2D eigenvalue weighted by atomic mass is 16.6. The first kappa shape index (κ1) is 8.71. The molecular weight excluding hydrogens is 154 g/mol. The van der Waals surface area contributed by atoms with Crippen LogP contribution >= 0.6 is 0 Å². The summed E-state index contributed by atoms with van der Waals surface area (Å²) in [7, 11) is 0. The summed E-state index contributed by atoms with van der Waals surface area (Å²) in [4.78, 5) is 10.1. The van der Waals surface area contributed by atoms with Gasteiger partial charge in [-0.05, 0) is 12.8 Å². The number of nitrogens with zero attached hydrogens (tertiary/aromatic N) is 1. The summed E-state index contributed by atoms with van der Waals surface area (Å²) in [6.07, 6.45) is 2.66. The second kappa shape index (κ2) is 3.85. The van der Waals surface area contributed by atoms with Crippen LogP contribution in [0.15, 0.2) is 24.3 Å². The Hall–Kier alpha value is -1.38. The molecule has 1 rings (SSSR count). The van der Waals surface area contributed by atoms with Crippen LogP contribution in [0.4, 0.5) is 5.69 Å². The first-order valence-electron chi connectivity index (χ1n) is 3.82. The molecule has 12 heavy (non-hydrogen) atoms. The molecule has 0 amide bonds. The van der Waals surface area contributed by atoms with Gasteiger partial charge < -0.3 is 0 Å². The van der Waals surface area contributed by atoms with Crippen LogP contribution in [0, 0.1) is 16.5 Å². The second-order valence-corrected chi connectivity index (χ2v) is 2.43. The Labute approximate surface area is 71.2 Å². The molecule has 3 nitrogen and oxygen atoms in total. The lowest BCUT2D eigenvalue weighted by molar-refractivity contribution is -0.385. The molecule has 0 N–H and O–H groups in total. The van der Waals surface area contributed by atoms with Gasteiger partial charge >= 0.3 is 0 Å². The van der Waals surface area contributed by atoms with Gasteiger partial charge in [0, 0.05) is 11.6 Å². The minimum absolute atomic E-state index is 0.180. The van der Waals surface area contributed by atoms with E-state index in [9.17, 15) is 10.1 Å². The van der Waals surface area contributed by atoms with Crippen LogP contribution in [-0.4, -0.2) is 4.92 Å². The first-order valence-corrected chi connectivity index (χ1v) is 3.82. The van der Waals surface area contributed by atoms with Crippen molar-refractivity contribution < 1.29 is 4.92 Å². The fourth-order valence-electron chi connectivity index (χ4n) is 1.05. The third-order valence-electron chi connectivity index (χ3n) is 1.56. The minimum Gasteiger partial charge on any atom is -0.258 e. The molecule has 0 aliphatic carbocycles. The smallest absolute Gasteiger partial charge is 0.258 e. The highest BCUT2D eigenvalue weighted by molar-refractivity contribution is 5.44. The van der Waals surface area contributed by atoms with E-state index >= 15 is 0 Å². The monoisotopic (exact) mass is 164 g/mol. The predicted octanol–water partition coefficient (Wildman–Crippen LogP) is 2.56. The minimum atomic E-state index is -0.360. The maximum atomic E-state index is 10.5. The molecule has 0 unspecified atom stereocenters. The molecule has 3 heteroatoms. The highest BCUT2D eigenvalue weighted by Gasteiger charge is 2.10. The first-order chi connectivity index (χ1) is 5.75. The summed E-state index contributed by atoms with van der Waals surface area (Å²) in [6.45, 7) is 1.96. The van der Waals surface area contributed by atoms with Gasteiger partial charge in [0.2, 0.25) is 0 Å². The zero-order valence-electron chi connectivity index (χ0n) is 6.86. The van der Waals surface area contributed by atoms with E-state index in [0.29, 0.717) is 5.56 Å². The zero-order chi connectivity index (χ0) is 8.97. The summed E-state index contributed by atoms with van der Waals surface area (Å²) in [5.41, 5.74) is 0.879. The van der Waals surface area contributed by atoms with Crippen LogP contribution in [0.1, 0.15) is 18.9 Å². The quantitative estimate of drug-likeness (QED) is 0.509. The normalized spacial score (nSPS) is 9.75. The summed E-state index contributed by atoms with van der Waals surface area (Å²) in [5.74, 6) is 0. The van der Waals surface area contributed by atoms with Crippen LogP contribution in [0.5, 0.6) is 0 Å². The van der Waals surface area contributed by atoms with Crippen molar-refractivity contribution in [3.63, 3.8) is 0 Å². The zero-order valence-corrected chi connectivity index (χ0v) is 6.86. The molecule has 0 atom stereocenters. The van der Waals surface area contributed by atoms with Crippen LogP contribution in [0.2, 0.25) is 0 Å². The average Bonchev–Trinajstić information content (AvgIpc) is 2.05. The van der Waals surface area contributed by atoms with Crippen molar-refractivity contribution in [2.75, 3.05) is 0 Å². The fourth-order valence-corrected chi connectivity index (χ4v) is 1.05. The van der Waals surface area contributed by atoms with E-state index in [1.54, 1.807) is 18.2 Å². The van der Waals surface area contributed by atoms with Gasteiger partial charge in [-0.15, -0.1) is 0 Å². The molecule has 0 saturated heterocycles. The van der Waals surface area contributed by atoms with Crippen molar-refractivity contribution in [2.45, 2.75) is 13.3 Å². The molecular formula is C9H10NO2. The van der Waals surface area contributed by atoms with Crippen molar-refractivity contribution in [2.24, 2.45) is 0 Å². The van der Waals surface area contributed by atoms with Crippen molar-refractivity contribution in [1.82, 2.24) is 0 Å². The Morgan fingerprint density at radius 3 is 2.75 bits per heavy atom. The Morgan fingerprint density at radius 1 is 1.50 bits per heavy atom. The number of nitro groups is 1. The summed E-state index contributed by atoms with van der Waals surface area (Å²) >= 11 is 0. The predicted molar refractivity (Wildman–Crippen MR) is 46.8 cm³/mol. The van der Waals surface area contributed by atoms with E-state index in [-0.39, 0.29) is 10.6 Å². The van der Waals surface area contributed by atoms with E-state index in [1.807, 2.05) is 13.3 Å². The lowest BCUT2D eigenvalue weighted by atomic mass is 10.1. The topological polar surface area (TPSA) is 43.1 Å². The number of hydrogen-bond donors (Lipinski definition) is 0. The van der Waals surface area contributed by atoms with Crippen LogP contribution in [-0.2, 0) is 0 Å². The Morgan fingerprint density at radius 2 is 2.17 bits per heavy atom. The fraction of sp³-hybridized carbons (Fsp3) is 0.222. The van der Waals surface area contributed by atoms with E-state index in [1.165, 1.54) is 6.07 Å². The van der Waals surface area contributed by atoms with Crippen LogP contribution in [0.3, 0.4) is 0 Å². The molecule has 0 saturated carbocycles. The molecule has 1 aromatic rings. The molecule has 0 aliphatic heterocycles. The molecule has 0 bridgehead atoms. The number of para-hydroxylation sites is 1. The highest BCUT2D eigenvalue weighted by Crippen LogP contribution is 2.19. The van der Waals surface area contributed by atoms with E-state index in [2.05, 4.69) is 0 Å². The van der Waals surface area contributed by atoms with E-state index < -0.39 is 0 Å². The molecule has 1 aromatic carbocycles. The molecule has 1 radical (unpaired) electrons. The number of hydrogen-bond acceptors (Lipinski definition) is 2. The van der Waals surface area contributed by atoms with Crippen LogP contribution in [0.25, 0.3) is 0 Å². The molecule has 0 heterocycles. The third-order valence-corrected chi connectivity index (χ3v) is 1.56. The van der Waals surface area contributed by atoms with Gasteiger partial charge in [0.1, 0.15) is 0 Å². The number of rotatable bonds is 3. The maximum absolute atomic E-state index is 10.5. The maximum Gasteiger partial charge on any atom is 0.272 e.